The van der Waals surface area contributed by atoms with Crippen molar-refractivity contribution in [3.8, 4) is 0 Å². The number of benzene rings is 1. The maximum Gasteiger partial charge on any atom is 0.417 e. The standard InChI is InChI=1S/C19H15ClF3N3OS/c1-10(16(27)13-6-5-11-3-2-4-12(11)7-13)28-18-25-24-17-15(20)8-14(9-26(17)18)19(21,22)23/h5-10H,2-4H2,1H3. The van der Waals surface area contributed by atoms with Crippen LogP contribution < -0.4 is 0 Å². The second-order valence-corrected chi connectivity index (χ2v) is 8.43. The van der Waals surface area contributed by atoms with Gasteiger partial charge in [-0.1, -0.05) is 35.5 Å². The molecular formula is C19H15ClF3N3OS. The minimum Gasteiger partial charge on any atom is -0.293 e. The molecule has 2 aromatic heterocycles. The number of thioether (sulfide) groups is 1. The molecule has 2 heterocycles. The molecule has 0 saturated heterocycles. The number of halogens is 4. The Morgan fingerprint density at radius 2 is 1.96 bits per heavy atom. The summed E-state index contributed by atoms with van der Waals surface area (Å²) in [4.78, 5) is 12.8. The number of carbonyl (C=O) groups excluding carboxylic acids is 1. The van der Waals surface area contributed by atoms with Crippen LogP contribution in [-0.2, 0) is 19.0 Å². The van der Waals surface area contributed by atoms with E-state index in [1.54, 1.807) is 6.92 Å². The van der Waals surface area contributed by atoms with Crippen molar-refractivity contribution in [1.29, 1.82) is 0 Å². The van der Waals surface area contributed by atoms with E-state index in [9.17, 15) is 18.0 Å². The highest BCUT2D eigenvalue weighted by molar-refractivity contribution is 8.00. The van der Waals surface area contributed by atoms with Gasteiger partial charge in [0.1, 0.15) is 0 Å². The number of alkyl halides is 3. The topological polar surface area (TPSA) is 47.3 Å². The van der Waals surface area contributed by atoms with Crippen LogP contribution >= 0.6 is 23.4 Å². The third kappa shape index (κ3) is 3.51. The number of fused-ring (bicyclic) bond motifs is 2. The minimum absolute atomic E-state index is 0.102. The number of aromatic nitrogens is 3. The van der Waals surface area contributed by atoms with Crippen LogP contribution in [0, 0.1) is 0 Å². The predicted octanol–water partition coefficient (Wildman–Crippen LogP) is 5.25. The normalized spacial score (nSPS) is 15.0. The molecule has 0 fully saturated rings. The number of hydrogen-bond donors (Lipinski definition) is 0. The van der Waals surface area contributed by atoms with Crippen molar-refractivity contribution in [2.24, 2.45) is 0 Å². The lowest BCUT2D eigenvalue weighted by atomic mass is 10.0. The minimum atomic E-state index is -4.55. The van der Waals surface area contributed by atoms with E-state index in [1.165, 1.54) is 15.5 Å². The second kappa shape index (κ2) is 7.08. The summed E-state index contributed by atoms with van der Waals surface area (Å²) < 4.78 is 40.4. The summed E-state index contributed by atoms with van der Waals surface area (Å²) in [7, 11) is 0. The fourth-order valence-corrected chi connectivity index (χ4v) is 4.49. The van der Waals surface area contributed by atoms with Crippen LogP contribution in [-0.4, -0.2) is 25.6 Å². The molecule has 0 bridgehead atoms. The molecule has 4 nitrogen and oxygen atoms in total. The zero-order valence-corrected chi connectivity index (χ0v) is 16.3. The highest BCUT2D eigenvalue weighted by Crippen LogP contribution is 2.34. The van der Waals surface area contributed by atoms with E-state index in [0.29, 0.717) is 5.56 Å². The molecule has 1 aromatic carbocycles. The van der Waals surface area contributed by atoms with Crippen molar-refractivity contribution in [2.45, 2.75) is 42.8 Å². The third-order valence-corrected chi connectivity index (χ3v) is 6.13. The van der Waals surface area contributed by atoms with Gasteiger partial charge in [0.15, 0.2) is 16.6 Å². The van der Waals surface area contributed by atoms with E-state index in [1.807, 2.05) is 18.2 Å². The number of carbonyl (C=O) groups is 1. The second-order valence-electron chi connectivity index (χ2n) is 6.71. The Bertz CT molecular complexity index is 1080. The van der Waals surface area contributed by atoms with Gasteiger partial charge < -0.3 is 0 Å². The SMILES string of the molecule is CC(Sc1nnc2c(Cl)cc(C(F)(F)F)cn12)C(=O)c1ccc2c(c1)CCC2. The number of ketones is 1. The Balaban J connectivity index is 1.62. The first-order valence-electron chi connectivity index (χ1n) is 8.68. The molecule has 1 aliphatic carbocycles. The zero-order valence-electron chi connectivity index (χ0n) is 14.8. The van der Waals surface area contributed by atoms with Crippen LogP contribution in [0.4, 0.5) is 13.2 Å². The number of pyridine rings is 1. The van der Waals surface area contributed by atoms with E-state index < -0.39 is 17.0 Å². The molecule has 9 heteroatoms. The van der Waals surface area contributed by atoms with Gasteiger partial charge in [-0.15, -0.1) is 10.2 Å². The average molecular weight is 426 g/mol. The molecule has 1 aliphatic rings. The maximum absolute atomic E-state index is 13.1. The molecule has 0 saturated carbocycles. The van der Waals surface area contributed by atoms with Gasteiger partial charge >= 0.3 is 6.18 Å². The number of hydrogen-bond acceptors (Lipinski definition) is 4. The Morgan fingerprint density at radius 3 is 2.71 bits per heavy atom. The van der Waals surface area contributed by atoms with Gasteiger partial charge in [0.05, 0.1) is 15.8 Å². The Kier molecular flexibility index (Phi) is 4.87. The molecule has 0 radical (unpaired) electrons. The smallest absolute Gasteiger partial charge is 0.293 e. The molecule has 3 aromatic rings. The number of Topliss-reactive ketones (excluding diaryl/α,β-unsaturated/α-hetero) is 1. The first-order valence-corrected chi connectivity index (χ1v) is 9.94. The highest BCUT2D eigenvalue weighted by atomic mass is 35.5. The van der Waals surface area contributed by atoms with E-state index in [-0.39, 0.29) is 21.6 Å². The van der Waals surface area contributed by atoms with Gasteiger partial charge in [0.2, 0.25) is 0 Å². The Hall–Kier alpha value is -2.06. The van der Waals surface area contributed by atoms with Crippen LogP contribution in [0.25, 0.3) is 5.65 Å². The molecule has 0 N–H and O–H groups in total. The summed E-state index contributed by atoms with van der Waals surface area (Å²) in [5.41, 5.74) is 2.29. The van der Waals surface area contributed by atoms with Crippen LogP contribution in [0.2, 0.25) is 5.02 Å². The maximum atomic E-state index is 13.1. The van der Waals surface area contributed by atoms with Gasteiger partial charge in [-0.25, -0.2) is 0 Å². The molecule has 28 heavy (non-hydrogen) atoms. The summed E-state index contributed by atoms with van der Waals surface area (Å²) in [5, 5.41) is 7.28. The first-order chi connectivity index (χ1) is 13.2. The lowest BCUT2D eigenvalue weighted by Gasteiger charge is -2.12. The summed E-state index contributed by atoms with van der Waals surface area (Å²) in [6.07, 6.45) is -0.564. The fraction of sp³-hybridized carbons (Fsp3) is 0.316. The number of rotatable bonds is 4. The van der Waals surface area contributed by atoms with Gasteiger partial charge in [-0.05, 0) is 49.4 Å². The molecule has 0 amide bonds. The van der Waals surface area contributed by atoms with Crippen molar-refractivity contribution in [1.82, 2.24) is 14.6 Å². The molecule has 146 valence electrons. The molecule has 0 aliphatic heterocycles. The van der Waals surface area contributed by atoms with Crippen LogP contribution in [0.1, 0.15) is 40.4 Å². The zero-order chi connectivity index (χ0) is 20.1. The van der Waals surface area contributed by atoms with Gasteiger partial charge in [-0.3, -0.25) is 9.20 Å². The lowest BCUT2D eigenvalue weighted by Crippen LogP contribution is -2.14. The first kappa shape index (κ1) is 19.3. The van der Waals surface area contributed by atoms with E-state index in [2.05, 4.69) is 10.2 Å². The highest BCUT2D eigenvalue weighted by Gasteiger charge is 2.32. The van der Waals surface area contributed by atoms with E-state index in [0.717, 1.165) is 43.3 Å². The largest absolute Gasteiger partial charge is 0.417 e. The van der Waals surface area contributed by atoms with Crippen molar-refractivity contribution >= 4 is 34.8 Å². The average Bonchev–Trinajstić information content (AvgIpc) is 3.27. The number of nitrogens with zero attached hydrogens (tertiary/aromatic N) is 3. The molecular weight excluding hydrogens is 411 g/mol. The van der Waals surface area contributed by atoms with Crippen LogP contribution in [0.5, 0.6) is 0 Å². The monoisotopic (exact) mass is 425 g/mol. The lowest BCUT2D eigenvalue weighted by molar-refractivity contribution is -0.137. The molecule has 1 atom stereocenters. The fourth-order valence-electron chi connectivity index (χ4n) is 3.34. The summed E-state index contributed by atoms with van der Waals surface area (Å²) >= 11 is 6.99. The quantitative estimate of drug-likeness (QED) is 0.423. The van der Waals surface area contributed by atoms with Crippen molar-refractivity contribution < 1.29 is 18.0 Å². The van der Waals surface area contributed by atoms with Crippen LogP contribution in [0.15, 0.2) is 35.6 Å². The Labute approximate surface area is 168 Å². The molecule has 1 unspecified atom stereocenters. The van der Waals surface area contributed by atoms with Gasteiger partial charge in [-0.2, -0.15) is 13.2 Å². The Morgan fingerprint density at radius 1 is 1.21 bits per heavy atom. The van der Waals surface area contributed by atoms with Gasteiger partial charge in [0.25, 0.3) is 0 Å². The number of aryl methyl sites for hydroxylation is 2. The van der Waals surface area contributed by atoms with Crippen molar-refractivity contribution in [3.63, 3.8) is 0 Å². The summed E-state index contributed by atoms with van der Waals surface area (Å²) in [6, 6.07) is 6.53. The van der Waals surface area contributed by atoms with Crippen molar-refractivity contribution in [2.75, 3.05) is 0 Å². The van der Waals surface area contributed by atoms with Gasteiger partial charge in [0, 0.05) is 11.8 Å². The summed E-state index contributed by atoms with van der Waals surface area (Å²) in [6.45, 7) is 1.70. The molecule has 0 spiro atoms. The van der Waals surface area contributed by atoms with E-state index in [4.69, 9.17) is 11.6 Å². The third-order valence-electron chi connectivity index (χ3n) is 4.79. The predicted molar refractivity (Wildman–Crippen MR) is 101 cm³/mol. The molecule has 4 rings (SSSR count). The van der Waals surface area contributed by atoms with Crippen LogP contribution in [0.3, 0.4) is 0 Å². The van der Waals surface area contributed by atoms with E-state index >= 15 is 0 Å². The summed E-state index contributed by atoms with van der Waals surface area (Å²) in [5.74, 6) is -0.102. The van der Waals surface area contributed by atoms with Crippen molar-refractivity contribution in [3.05, 3.63) is 57.7 Å².